The fourth-order valence-electron chi connectivity index (χ4n) is 1.08. The molecule has 0 aliphatic rings. The number of benzene rings is 1. The first-order valence-corrected chi connectivity index (χ1v) is 5.38. The highest BCUT2D eigenvalue weighted by Crippen LogP contribution is 2.19. The van der Waals surface area contributed by atoms with Crippen molar-refractivity contribution in [2.45, 2.75) is 6.42 Å². The maximum atomic E-state index is 13.1. The van der Waals surface area contributed by atoms with Gasteiger partial charge in [0.2, 0.25) is 0 Å². The Labute approximate surface area is 96.0 Å². The quantitative estimate of drug-likeness (QED) is 0.821. The van der Waals surface area contributed by atoms with Gasteiger partial charge in [-0.1, -0.05) is 6.07 Å². The first-order valence-electron chi connectivity index (χ1n) is 4.59. The maximum Gasteiger partial charge on any atom is 0.252 e. The second-order valence-electron chi connectivity index (χ2n) is 3.00. The second kappa shape index (κ2) is 5.82. The van der Waals surface area contributed by atoms with E-state index in [1.807, 2.05) is 0 Å². The van der Waals surface area contributed by atoms with Crippen LogP contribution in [0.25, 0.3) is 0 Å². The first kappa shape index (κ1) is 12.1. The van der Waals surface area contributed by atoms with Gasteiger partial charge in [-0.05, 0) is 41.0 Å². The van der Waals surface area contributed by atoms with Crippen molar-refractivity contribution in [3.63, 3.8) is 0 Å². The van der Waals surface area contributed by atoms with Crippen molar-refractivity contribution >= 4 is 21.8 Å². The molecule has 0 fully saturated rings. The lowest BCUT2D eigenvalue weighted by atomic mass is 10.2. The van der Waals surface area contributed by atoms with Crippen LogP contribution in [0, 0.1) is 5.82 Å². The van der Waals surface area contributed by atoms with E-state index in [0.29, 0.717) is 25.1 Å². The van der Waals surface area contributed by atoms with Crippen molar-refractivity contribution in [3.8, 4) is 0 Å². The standard InChI is InChI=1S/C10H12BrFN2O/c11-9-7(3-1-4-8(9)12)10(15)14-6-2-5-13/h1,3-4H,2,5-6,13H2,(H,14,15). The van der Waals surface area contributed by atoms with Crippen LogP contribution in [-0.2, 0) is 0 Å². The van der Waals surface area contributed by atoms with E-state index in [0.717, 1.165) is 0 Å². The fraction of sp³-hybridized carbons (Fsp3) is 0.300. The number of rotatable bonds is 4. The molecule has 3 nitrogen and oxygen atoms in total. The van der Waals surface area contributed by atoms with Crippen LogP contribution in [-0.4, -0.2) is 19.0 Å². The molecule has 0 aromatic heterocycles. The average molecular weight is 275 g/mol. The smallest absolute Gasteiger partial charge is 0.252 e. The number of amides is 1. The molecule has 0 saturated heterocycles. The van der Waals surface area contributed by atoms with E-state index in [4.69, 9.17) is 5.73 Å². The van der Waals surface area contributed by atoms with Crippen LogP contribution in [0.15, 0.2) is 22.7 Å². The van der Waals surface area contributed by atoms with Gasteiger partial charge < -0.3 is 11.1 Å². The Morgan fingerprint density at radius 3 is 2.93 bits per heavy atom. The van der Waals surface area contributed by atoms with Gasteiger partial charge in [0.05, 0.1) is 10.0 Å². The van der Waals surface area contributed by atoms with Gasteiger partial charge in [-0.3, -0.25) is 4.79 Å². The maximum absolute atomic E-state index is 13.1. The lowest BCUT2D eigenvalue weighted by molar-refractivity contribution is 0.0952. The molecule has 0 radical (unpaired) electrons. The Kier molecular flexibility index (Phi) is 4.71. The zero-order valence-electron chi connectivity index (χ0n) is 8.09. The summed E-state index contributed by atoms with van der Waals surface area (Å²) in [6, 6.07) is 4.35. The van der Waals surface area contributed by atoms with Gasteiger partial charge in [0.25, 0.3) is 5.91 Å². The van der Waals surface area contributed by atoms with Crippen molar-refractivity contribution in [3.05, 3.63) is 34.1 Å². The van der Waals surface area contributed by atoms with Gasteiger partial charge in [0.15, 0.2) is 0 Å². The van der Waals surface area contributed by atoms with Gasteiger partial charge in [-0.15, -0.1) is 0 Å². The van der Waals surface area contributed by atoms with Crippen LogP contribution in [0.5, 0.6) is 0 Å². The molecule has 0 heterocycles. The minimum absolute atomic E-state index is 0.190. The van der Waals surface area contributed by atoms with E-state index >= 15 is 0 Å². The van der Waals surface area contributed by atoms with E-state index in [-0.39, 0.29) is 10.4 Å². The zero-order valence-corrected chi connectivity index (χ0v) is 9.68. The largest absolute Gasteiger partial charge is 0.352 e. The molecule has 3 N–H and O–H groups in total. The third kappa shape index (κ3) is 3.28. The average Bonchev–Trinajstić information content (AvgIpc) is 2.22. The molecule has 5 heteroatoms. The molecule has 0 saturated carbocycles. The number of carbonyl (C=O) groups is 1. The van der Waals surface area contributed by atoms with Crippen LogP contribution in [0.2, 0.25) is 0 Å². The second-order valence-corrected chi connectivity index (χ2v) is 3.79. The molecule has 1 aromatic carbocycles. The van der Waals surface area contributed by atoms with E-state index in [1.54, 1.807) is 6.07 Å². The van der Waals surface area contributed by atoms with Crippen LogP contribution >= 0.6 is 15.9 Å². The first-order chi connectivity index (χ1) is 7.16. The summed E-state index contributed by atoms with van der Waals surface area (Å²) < 4.78 is 13.3. The Morgan fingerprint density at radius 2 is 2.27 bits per heavy atom. The van der Waals surface area contributed by atoms with Crippen molar-refractivity contribution < 1.29 is 9.18 Å². The topological polar surface area (TPSA) is 55.1 Å². The molecule has 1 aromatic rings. The van der Waals surface area contributed by atoms with E-state index < -0.39 is 5.82 Å². The van der Waals surface area contributed by atoms with Crippen LogP contribution in [0.1, 0.15) is 16.8 Å². The number of hydrogen-bond acceptors (Lipinski definition) is 2. The highest BCUT2D eigenvalue weighted by molar-refractivity contribution is 9.10. The molecule has 1 rings (SSSR count). The third-order valence-electron chi connectivity index (χ3n) is 1.86. The summed E-state index contributed by atoms with van der Waals surface area (Å²) in [7, 11) is 0. The van der Waals surface area contributed by atoms with Crippen molar-refractivity contribution in [1.29, 1.82) is 0 Å². The summed E-state index contributed by atoms with van der Waals surface area (Å²) in [6.07, 6.45) is 0.707. The summed E-state index contributed by atoms with van der Waals surface area (Å²) in [4.78, 5) is 11.5. The number of carbonyl (C=O) groups excluding carboxylic acids is 1. The molecule has 15 heavy (non-hydrogen) atoms. The molecule has 0 bridgehead atoms. The molecule has 0 aliphatic heterocycles. The summed E-state index contributed by atoms with van der Waals surface area (Å²) in [5, 5.41) is 2.65. The summed E-state index contributed by atoms with van der Waals surface area (Å²) >= 11 is 3.03. The van der Waals surface area contributed by atoms with Gasteiger partial charge in [-0.25, -0.2) is 4.39 Å². The van der Waals surface area contributed by atoms with Crippen molar-refractivity contribution in [2.24, 2.45) is 5.73 Å². The summed E-state index contributed by atoms with van der Waals surface area (Å²) in [5.74, 6) is -0.740. The van der Waals surface area contributed by atoms with Crippen molar-refractivity contribution in [1.82, 2.24) is 5.32 Å². The highest BCUT2D eigenvalue weighted by Gasteiger charge is 2.11. The van der Waals surface area contributed by atoms with Gasteiger partial charge >= 0.3 is 0 Å². The molecule has 0 unspecified atom stereocenters. The summed E-state index contributed by atoms with van der Waals surface area (Å²) in [5.41, 5.74) is 5.59. The normalized spacial score (nSPS) is 10.1. The van der Waals surface area contributed by atoms with Crippen LogP contribution in [0.4, 0.5) is 4.39 Å². The van der Waals surface area contributed by atoms with Gasteiger partial charge in [0.1, 0.15) is 5.82 Å². The molecular weight excluding hydrogens is 263 g/mol. The van der Waals surface area contributed by atoms with Crippen molar-refractivity contribution in [2.75, 3.05) is 13.1 Å². The Balaban J connectivity index is 2.69. The predicted octanol–water partition coefficient (Wildman–Crippen LogP) is 1.67. The molecular formula is C10H12BrFN2O. The monoisotopic (exact) mass is 274 g/mol. The molecule has 0 aliphatic carbocycles. The zero-order chi connectivity index (χ0) is 11.3. The number of nitrogens with two attached hydrogens (primary N) is 1. The molecule has 0 atom stereocenters. The molecule has 1 amide bonds. The highest BCUT2D eigenvalue weighted by atomic mass is 79.9. The predicted molar refractivity (Wildman–Crippen MR) is 60.1 cm³/mol. The minimum atomic E-state index is -0.443. The number of nitrogens with one attached hydrogen (secondary N) is 1. The summed E-state index contributed by atoms with van der Waals surface area (Å²) in [6.45, 7) is 1.02. The van der Waals surface area contributed by atoms with Crippen LogP contribution in [0.3, 0.4) is 0 Å². The van der Waals surface area contributed by atoms with Gasteiger partial charge in [-0.2, -0.15) is 0 Å². The van der Waals surface area contributed by atoms with E-state index in [9.17, 15) is 9.18 Å². The lowest BCUT2D eigenvalue weighted by Crippen LogP contribution is -2.26. The fourth-order valence-corrected chi connectivity index (χ4v) is 1.52. The minimum Gasteiger partial charge on any atom is -0.352 e. The Morgan fingerprint density at radius 1 is 1.53 bits per heavy atom. The van der Waals surface area contributed by atoms with Gasteiger partial charge in [0, 0.05) is 6.54 Å². The van der Waals surface area contributed by atoms with E-state index in [1.165, 1.54) is 12.1 Å². The lowest BCUT2D eigenvalue weighted by Gasteiger charge is -2.06. The number of halogens is 2. The SMILES string of the molecule is NCCCNC(=O)c1cccc(F)c1Br. The molecule has 82 valence electrons. The third-order valence-corrected chi connectivity index (χ3v) is 2.67. The molecule has 0 spiro atoms. The Hall–Kier alpha value is -0.940. The van der Waals surface area contributed by atoms with Crippen LogP contribution < -0.4 is 11.1 Å². The van der Waals surface area contributed by atoms with E-state index in [2.05, 4.69) is 21.2 Å². The Bertz CT molecular complexity index is 357. The number of hydrogen-bond donors (Lipinski definition) is 2.